The Morgan fingerprint density at radius 1 is 1.59 bits per heavy atom. The van der Waals surface area contributed by atoms with Gasteiger partial charge in [-0.25, -0.2) is 0 Å². The van der Waals surface area contributed by atoms with E-state index in [1.165, 1.54) is 0 Å². The molecule has 6 nitrogen and oxygen atoms in total. The minimum absolute atomic E-state index is 0.0267. The molecule has 1 aliphatic heterocycles. The van der Waals surface area contributed by atoms with Gasteiger partial charge in [-0.1, -0.05) is 0 Å². The van der Waals surface area contributed by atoms with E-state index in [1.807, 2.05) is 4.90 Å². The van der Waals surface area contributed by atoms with E-state index in [9.17, 15) is 9.90 Å². The Kier molecular flexibility index (Phi) is 6.43. The molecule has 1 heterocycles. The van der Waals surface area contributed by atoms with Gasteiger partial charge in [0.05, 0.1) is 18.6 Å². The van der Waals surface area contributed by atoms with Crippen molar-refractivity contribution in [1.82, 2.24) is 10.2 Å². The predicted molar refractivity (Wildman–Crippen MR) is 64.3 cm³/mol. The largest absolute Gasteiger partial charge is 0.394 e. The van der Waals surface area contributed by atoms with Crippen LogP contribution in [0.3, 0.4) is 0 Å². The zero-order chi connectivity index (χ0) is 12.7. The molecule has 0 aliphatic carbocycles. The summed E-state index contributed by atoms with van der Waals surface area (Å²) in [7, 11) is 0. The summed E-state index contributed by atoms with van der Waals surface area (Å²) in [5.74, 6) is 0.0137. The number of amides is 1. The predicted octanol–water partition coefficient (Wildman–Crippen LogP) is -1.87. The zero-order valence-corrected chi connectivity index (χ0v) is 10.1. The smallest absolute Gasteiger partial charge is 0.224 e. The number of nitrogens with zero attached hydrogens (tertiary/aromatic N) is 1. The van der Waals surface area contributed by atoms with Crippen molar-refractivity contribution in [3.63, 3.8) is 0 Å². The van der Waals surface area contributed by atoms with Crippen molar-refractivity contribution in [2.45, 2.75) is 18.9 Å². The normalized spacial score (nSPS) is 23.4. The van der Waals surface area contributed by atoms with Crippen molar-refractivity contribution in [2.75, 3.05) is 39.3 Å². The van der Waals surface area contributed by atoms with Gasteiger partial charge in [-0.15, -0.1) is 0 Å². The first-order valence-electron chi connectivity index (χ1n) is 6.16. The minimum Gasteiger partial charge on any atom is -0.394 e. The fourth-order valence-corrected chi connectivity index (χ4v) is 2.13. The van der Waals surface area contributed by atoms with E-state index in [-0.39, 0.29) is 18.4 Å². The van der Waals surface area contributed by atoms with Crippen molar-refractivity contribution >= 4 is 5.91 Å². The number of hydrogen-bond acceptors (Lipinski definition) is 5. The molecule has 0 aromatic carbocycles. The van der Waals surface area contributed by atoms with Crippen molar-refractivity contribution in [3.05, 3.63) is 0 Å². The van der Waals surface area contributed by atoms with Crippen molar-refractivity contribution in [3.8, 4) is 0 Å². The first kappa shape index (κ1) is 14.4. The Bertz CT molecular complexity index is 238. The summed E-state index contributed by atoms with van der Waals surface area (Å²) >= 11 is 0. The highest BCUT2D eigenvalue weighted by molar-refractivity contribution is 5.78. The average molecular weight is 245 g/mol. The lowest BCUT2D eigenvalue weighted by molar-refractivity contribution is -0.126. The van der Waals surface area contributed by atoms with Crippen LogP contribution in [0.1, 0.15) is 12.8 Å². The van der Waals surface area contributed by atoms with Crippen LogP contribution in [-0.2, 0) is 4.79 Å². The number of aliphatic hydroxyl groups is 2. The van der Waals surface area contributed by atoms with Gasteiger partial charge < -0.3 is 21.3 Å². The molecule has 1 rings (SSSR count). The fraction of sp³-hybridized carbons (Fsp3) is 0.909. The summed E-state index contributed by atoms with van der Waals surface area (Å²) in [5.41, 5.74) is 5.33. The van der Waals surface area contributed by atoms with Gasteiger partial charge in [-0.3, -0.25) is 9.69 Å². The molecule has 0 aromatic rings. The van der Waals surface area contributed by atoms with Crippen LogP contribution in [0.4, 0.5) is 0 Å². The number of β-amino-alcohol motifs (C(OH)–C–C–N with tert-alkyl or cyclic N) is 1. The Balaban J connectivity index is 2.35. The third-order valence-electron chi connectivity index (χ3n) is 3.00. The molecule has 2 unspecified atom stereocenters. The number of carbonyl (C=O) groups excluding carboxylic acids is 1. The number of piperidine rings is 1. The highest BCUT2D eigenvalue weighted by Gasteiger charge is 2.26. The number of carbonyl (C=O) groups is 1. The molecule has 0 aromatic heterocycles. The summed E-state index contributed by atoms with van der Waals surface area (Å²) < 4.78 is 0. The molecular formula is C11H23N3O3. The lowest BCUT2D eigenvalue weighted by atomic mass is 9.97. The quantitative estimate of drug-likeness (QED) is 0.439. The maximum absolute atomic E-state index is 11.8. The number of aliphatic hydroxyl groups excluding tert-OH is 2. The maximum Gasteiger partial charge on any atom is 0.224 e. The zero-order valence-electron chi connectivity index (χ0n) is 10.1. The molecule has 6 heteroatoms. The molecule has 1 saturated heterocycles. The Morgan fingerprint density at radius 3 is 3.00 bits per heavy atom. The molecule has 0 radical (unpaired) electrons. The van der Waals surface area contributed by atoms with Gasteiger partial charge in [0.25, 0.3) is 0 Å². The average Bonchev–Trinajstić information content (AvgIpc) is 2.36. The first-order chi connectivity index (χ1) is 8.17. The van der Waals surface area contributed by atoms with Crippen LogP contribution in [0.2, 0.25) is 0 Å². The minimum atomic E-state index is -0.721. The lowest BCUT2D eigenvalue weighted by Gasteiger charge is -2.32. The van der Waals surface area contributed by atoms with E-state index < -0.39 is 6.10 Å². The van der Waals surface area contributed by atoms with E-state index in [0.717, 1.165) is 19.4 Å². The van der Waals surface area contributed by atoms with Crippen LogP contribution in [0.15, 0.2) is 0 Å². The fourth-order valence-electron chi connectivity index (χ4n) is 2.13. The van der Waals surface area contributed by atoms with Crippen LogP contribution >= 0.6 is 0 Å². The Labute approximate surface area is 102 Å². The van der Waals surface area contributed by atoms with E-state index in [4.69, 9.17) is 10.8 Å². The van der Waals surface area contributed by atoms with E-state index in [0.29, 0.717) is 26.2 Å². The molecule has 1 fully saturated rings. The third kappa shape index (κ3) is 4.99. The van der Waals surface area contributed by atoms with Crippen molar-refractivity contribution in [1.29, 1.82) is 0 Å². The molecule has 100 valence electrons. The van der Waals surface area contributed by atoms with Crippen LogP contribution in [0, 0.1) is 5.92 Å². The summed E-state index contributed by atoms with van der Waals surface area (Å²) in [5, 5.41) is 20.9. The molecule has 0 bridgehead atoms. The molecule has 2 atom stereocenters. The molecule has 0 spiro atoms. The van der Waals surface area contributed by atoms with Gasteiger partial charge in [-0.05, 0) is 19.4 Å². The van der Waals surface area contributed by atoms with Gasteiger partial charge in [-0.2, -0.15) is 0 Å². The second kappa shape index (κ2) is 7.60. The first-order valence-corrected chi connectivity index (χ1v) is 6.16. The van der Waals surface area contributed by atoms with Crippen molar-refractivity contribution < 1.29 is 15.0 Å². The number of rotatable bonds is 6. The number of nitrogens with one attached hydrogen (secondary N) is 1. The van der Waals surface area contributed by atoms with Crippen LogP contribution in [0.25, 0.3) is 0 Å². The number of hydrogen-bond donors (Lipinski definition) is 4. The molecule has 5 N–H and O–H groups in total. The summed E-state index contributed by atoms with van der Waals surface area (Å²) in [4.78, 5) is 13.8. The van der Waals surface area contributed by atoms with Gasteiger partial charge in [0.2, 0.25) is 5.91 Å². The van der Waals surface area contributed by atoms with Gasteiger partial charge >= 0.3 is 0 Å². The highest BCUT2D eigenvalue weighted by atomic mass is 16.3. The van der Waals surface area contributed by atoms with Crippen molar-refractivity contribution in [2.24, 2.45) is 11.7 Å². The molecule has 1 amide bonds. The standard InChI is InChI=1S/C11H23N3O3/c12-3-4-13-11(17)9-2-1-5-14(6-9)7-10(16)8-15/h9-10,15-16H,1-8,12H2,(H,13,17). The molecule has 17 heavy (non-hydrogen) atoms. The van der Waals surface area contributed by atoms with Gasteiger partial charge in [0, 0.05) is 26.2 Å². The van der Waals surface area contributed by atoms with Crippen LogP contribution < -0.4 is 11.1 Å². The second-order valence-corrected chi connectivity index (χ2v) is 4.51. The third-order valence-corrected chi connectivity index (χ3v) is 3.00. The molecule has 1 aliphatic rings. The second-order valence-electron chi connectivity index (χ2n) is 4.51. The lowest BCUT2D eigenvalue weighted by Crippen LogP contribution is -2.46. The van der Waals surface area contributed by atoms with E-state index in [2.05, 4.69) is 5.32 Å². The monoisotopic (exact) mass is 245 g/mol. The van der Waals surface area contributed by atoms with Crippen LogP contribution in [-0.4, -0.2) is 66.5 Å². The Hall–Kier alpha value is -0.690. The number of nitrogens with two attached hydrogens (primary N) is 1. The Morgan fingerprint density at radius 2 is 2.35 bits per heavy atom. The topological polar surface area (TPSA) is 98.8 Å². The summed E-state index contributed by atoms with van der Waals surface area (Å²) in [6.45, 7) is 2.67. The van der Waals surface area contributed by atoms with Crippen LogP contribution in [0.5, 0.6) is 0 Å². The molecular weight excluding hydrogens is 222 g/mol. The maximum atomic E-state index is 11.8. The summed E-state index contributed by atoms with van der Waals surface area (Å²) in [6, 6.07) is 0. The summed E-state index contributed by atoms with van der Waals surface area (Å²) in [6.07, 6.45) is 1.10. The van der Waals surface area contributed by atoms with Gasteiger partial charge in [0.1, 0.15) is 0 Å². The number of likely N-dealkylation sites (tertiary alicyclic amines) is 1. The SMILES string of the molecule is NCCNC(=O)C1CCCN(CC(O)CO)C1. The molecule has 0 saturated carbocycles. The highest BCUT2D eigenvalue weighted by Crippen LogP contribution is 2.16. The van der Waals surface area contributed by atoms with E-state index in [1.54, 1.807) is 0 Å². The van der Waals surface area contributed by atoms with E-state index >= 15 is 0 Å². The van der Waals surface area contributed by atoms with Gasteiger partial charge in [0.15, 0.2) is 0 Å².